The summed E-state index contributed by atoms with van der Waals surface area (Å²) in [5, 5.41) is 10.5. The molecule has 2 bridgehead atoms. The van der Waals surface area contributed by atoms with Crippen LogP contribution in [-0.4, -0.2) is 11.2 Å². The van der Waals surface area contributed by atoms with Crippen molar-refractivity contribution in [2.75, 3.05) is 0 Å². The molecule has 0 amide bonds. The summed E-state index contributed by atoms with van der Waals surface area (Å²) in [6, 6.07) is 0. The predicted octanol–water partition coefficient (Wildman–Crippen LogP) is 4.25. The fourth-order valence-electron chi connectivity index (χ4n) is 5.76. The van der Waals surface area contributed by atoms with Crippen molar-refractivity contribution in [3.05, 3.63) is 0 Å². The topological polar surface area (TPSA) is 20.2 Å². The van der Waals surface area contributed by atoms with Gasteiger partial charge in [-0.1, -0.05) is 34.1 Å². The molecule has 0 heterocycles. The summed E-state index contributed by atoms with van der Waals surface area (Å²) in [7, 11) is 0. The van der Waals surface area contributed by atoms with Crippen molar-refractivity contribution >= 4 is 0 Å². The summed E-state index contributed by atoms with van der Waals surface area (Å²) in [5.41, 5.74) is 0.990. The number of aliphatic hydroxyl groups excluding tert-OH is 1. The molecule has 3 aliphatic carbocycles. The first-order valence-electron chi connectivity index (χ1n) is 8.04. The van der Waals surface area contributed by atoms with Gasteiger partial charge in [-0.3, -0.25) is 0 Å². The van der Waals surface area contributed by atoms with E-state index >= 15 is 0 Å². The van der Waals surface area contributed by atoms with Crippen LogP contribution in [0, 0.1) is 34.5 Å². The second kappa shape index (κ2) is 3.98. The maximum atomic E-state index is 10.5. The summed E-state index contributed by atoms with van der Waals surface area (Å²) in [5.74, 6) is 3.03. The molecule has 3 unspecified atom stereocenters. The molecule has 3 saturated carbocycles. The Bertz CT molecular complexity index is 335. The Labute approximate surface area is 112 Å². The molecule has 104 valence electrons. The van der Waals surface area contributed by atoms with Gasteiger partial charge in [0.05, 0.1) is 6.10 Å². The van der Waals surface area contributed by atoms with Gasteiger partial charge in [0, 0.05) is 0 Å². The first-order valence-corrected chi connectivity index (χ1v) is 8.04. The fraction of sp³-hybridized carbons (Fsp3) is 1.00. The van der Waals surface area contributed by atoms with Crippen molar-refractivity contribution in [1.29, 1.82) is 0 Å². The molecule has 0 aromatic rings. The van der Waals surface area contributed by atoms with E-state index in [0.717, 1.165) is 24.2 Å². The van der Waals surface area contributed by atoms with Crippen LogP contribution in [0.2, 0.25) is 0 Å². The van der Waals surface area contributed by atoms with Gasteiger partial charge in [-0.05, 0) is 66.6 Å². The predicted molar refractivity (Wildman–Crippen MR) is 75.2 cm³/mol. The molecule has 0 aliphatic heterocycles. The molecular formula is C17H30O. The van der Waals surface area contributed by atoms with Gasteiger partial charge in [0.2, 0.25) is 0 Å². The summed E-state index contributed by atoms with van der Waals surface area (Å²) in [4.78, 5) is 0. The minimum Gasteiger partial charge on any atom is -0.393 e. The minimum atomic E-state index is -0.0225. The summed E-state index contributed by atoms with van der Waals surface area (Å²) < 4.78 is 0. The zero-order chi connectivity index (χ0) is 13.1. The highest BCUT2D eigenvalue weighted by Gasteiger charge is 2.63. The molecule has 0 aromatic heterocycles. The van der Waals surface area contributed by atoms with E-state index in [-0.39, 0.29) is 6.10 Å². The van der Waals surface area contributed by atoms with Crippen molar-refractivity contribution in [2.45, 2.75) is 72.3 Å². The lowest BCUT2D eigenvalue weighted by atomic mass is 9.60. The van der Waals surface area contributed by atoms with Crippen molar-refractivity contribution in [1.82, 2.24) is 0 Å². The maximum absolute atomic E-state index is 10.5. The Hall–Kier alpha value is -0.0400. The summed E-state index contributed by atoms with van der Waals surface area (Å²) >= 11 is 0. The van der Waals surface area contributed by atoms with E-state index in [1.807, 2.05) is 0 Å². The number of hydrogen-bond acceptors (Lipinski definition) is 1. The molecule has 0 aromatic carbocycles. The smallest absolute Gasteiger partial charge is 0.0573 e. The summed E-state index contributed by atoms with van der Waals surface area (Å²) in [6.45, 7) is 9.80. The van der Waals surface area contributed by atoms with Crippen LogP contribution in [0.25, 0.3) is 0 Å². The normalized spacial score (nSPS) is 54.8. The van der Waals surface area contributed by atoms with Crippen LogP contribution in [0.15, 0.2) is 0 Å². The third-order valence-corrected chi connectivity index (χ3v) is 7.51. The number of fused-ring (bicyclic) bond motifs is 2. The lowest BCUT2D eigenvalue weighted by Crippen LogP contribution is -2.42. The molecule has 6 atom stereocenters. The van der Waals surface area contributed by atoms with Crippen molar-refractivity contribution in [3.8, 4) is 0 Å². The highest BCUT2D eigenvalue weighted by molar-refractivity contribution is 5.12. The molecule has 0 spiro atoms. The monoisotopic (exact) mass is 250 g/mol. The molecule has 18 heavy (non-hydrogen) atoms. The molecule has 1 N–H and O–H groups in total. The first-order chi connectivity index (χ1) is 8.36. The van der Waals surface area contributed by atoms with Gasteiger partial charge < -0.3 is 5.11 Å². The van der Waals surface area contributed by atoms with Crippen LogP contribution in [0.4, 0.5) is 0 Å². The number of hydrogen-bond donors (Lipinski definition) is 1. The lowest BCUT2D eigenvalue weighted by Gasteiger charge is -2.46. The van der Waals surface area contributed by atoms with E-state index in [0.29, 0.717) is 16.7 Å². The SMILES string of the molecule is CC1CCC([C@H]2C[C@@H]3CC[C@@]2(C)C3(C)C)C(O)C1. The second-order valence-electron chi connectivity index (χ2n) is 8.37. The molecule has 0 saturated heterocycles. The number of rotatable bonds is 1. The molecule has 1 heteroatoms. The van der Waals surface area contributed by atoms with Crippen LogP contribution < -0.4 is 0 Å². The average molecular weight is 250 g/mol. The van der Waals surface area contributed by atoms with E-state index < -0.39 is 0 Å². The van der Waals surface area contributed by atoms with Crippen LogP contribution >= 0.6 is 0 Å². The largest absolute Gasteiger partial charge is 0.393 e. The van der Waals surface area contributed by atoms with E-state index in [9.17, 15) is 5.11 Å². The Kier molecular flexibility index (Phi) is 2.86. The molecule has 1 nitrogen and oxygen atoms in total. The van der Waals surface area contributed by atoms with Crippen molar-refractivity contribution in [2.24, 2.45) is 34.5 Å². The van der Waals surface area contributed by atoms with Crippen LogP contribution in [0.5, 0.6) is 0 Å². The molecule has 3 fully saturated rings. The third kappa shape index (κ3) is 1.55. The highest BCUT2D eigenvalue weighted by Crippen LogP contribution is 2.70. The van der Waals surface area contributed by atoms with Gasteiger partial charge in [-0.2, -0.15) is 0 Å². The Balaban J connectivity index is 1.83. The average Bonchev–Trinajstić information content (AvgIpc) is 2.61. The van der Waals surface area contributed by atoms with E-state index in [4.69, 9.17) is 0 Å². The third-order valence-electron chi connectivity index (χ3n) is 7.51. The van der Waals surface area contributed by atoms with Crippen LogP contribution in [0.3, 0.4) is 0 Å². The van der Waals surface area contributed by atoms with Crippen LogP contribution in [0.1, 0.15) is 66.2 Å². The molecule has 3 rings (SSSR count). The van der Waals surface area contributed by atoms with Gasteiger partial charge >= 0.3 is 0 Å². The lowest BCUT2D eigenvalue weighted by molar-refractivity contribution is -0.0318. The standard InChI is InChI=1S/C17H30O/c1-11-5-6-13(15(18)9-11)14-10-12-7-8-17(14,4)16(12,2)3/h11-15,18H,5-10H2,1-4H3/t11?,12-,13?,14+,15?,17+/m0/s1. The van der Waals surface area contributed by atoms with E-state index in [1.165, 1.54) is 32.1 Å². The Morgan fingerprint density at radius 1 is 1.00 bits per heavy atom. The van der Waals surface area contributed by atoms with E-state index in [2.05, 4.69) is 27.7 Å². The molecule has 3 aliphatic rings. The fourth-order valence-corrected chi connectivity index (χ4v) is 5.76. The Morgan fingerprint density at radius 2 is 1.72 bits per heavy atom. The van der Waals surface area contributed by atoms with Crippen molar-refractivity contribution < 1.29 is 5.11 Å². The van der Waals surface area contributed by atoms with E-state index in [1.54, 1.807) is 0 Å². The zero-order valence-corrected chi connectivity index (χ0v) is 12.6. The van der Waals surface area contributed by atoms with Gasteiger partial charge in [0.1, 0.15) is 0 Å². The number of aliphatic hydroxyl groups is 1. The Morgan fingerprint density at radius 3 is 2.22 bits per heavy atom. The second-order valence-corrected chi connectivity index (χ2v) is 8.37. The molecule has 0 radical (unpaired) electrons. The highest BCUT2D eigenvalue weighted by atomic mass is 16.3. The molecular weight excluding hydrogens is 220 g/mol. The first kappa shape index (κ1) is 13.0. The summed E-state index contributed by atoms with van der Waals surface area (Å²) in [6.07, 6.45) is 7.84. The van der Waals surface area contributed by atoms with Crippen LogP contribution in [-0.2, 0) is 0 Å². The zero-order valence-electron chi connectivity index (χ0n) is 12.6. The quantitative estimate of drug-likeness (QED) is 0.738. The maximum Gasteiger partial charge on any atom is 0.0573 e. The van der Waals surface area contributed by atoms with Crippen molar-refractivity contribution in [3.63, 3.8) is 0 Å². The minimum absolute atomic E-state index is 0.0225. The van der Waals surface area contributed by atoms with Gasteiger partial charge in [0.25, 0.3) is 0 Å². The van der Waals surface area contributed by atoms with Gasteiger partial charge in [-0.25, -0.2) is 0 Å². The van der Waals surface area contributed by atoms with Gasteiger partial charge in [-0.15, -0.1) is 0 Å². The van der Waals surface area contributed by atoms with Gasteiger partial charge in [0.15, 0.2) is 0 Å².